The Morgan fingerprint density at radius 2 is 1.80 bits per heavy atom. The van der Waals surface area contributed by atoms with E-state index in [9.17, 15) is 12.8 Å². The summed E-state index contributed by atoms with van der Waals surface area (Å²) >= 11 is 3.28. The topological polar surface area (TPSA) is 72.2 Å². The number of anilines is 1. The molecule has 0 radical (unpaired) electrons. The van der Waals surface area contributed by atoms with E-state index in [1.807, 2.05) is 0 Å². The Labute approximate surface area is 125 Å². The Balaban J connectivity index is 2.10. The lowest BCUT2D eigenvalue weighted by molar-refractivity contribution is 0.598. The number of halogens is 2. The van der Waals surface area contributed by atoms with Crippen molar-refractivity contribution >= 4 is 31.6 Å². The van der Waals surface area contributed by atoms with E-state index in [4.69, 9.17) is 5.14 Å². The fourth-order valence-corrected chi connectivity index (χ4v) is 2.56. The largest absolute Gasteiger partial charge is 0.381 e. The minimum absolute atomic E-state index is 0.0386. The maximum Gasteiger partial charge on any atom is 0.238 e. The molecule has 20 heavy (non-hydrogen) atoms. The minimum Gasteiger partial charge on any atom is -0.381 e. The van der Waals surface area contributed by atoms with Crippen molar-refractivity contribution in [3.05, 3.63) is 58.3 Å². The molecule has 0 aromatic heterocycles. The van der Waals surface area contributed by atoms with E-state index >= 15 is 0 Å². The van der Waals surface area contributed by atoms with Gasteiger partial charge in [0.1, 0.15) is 5.82 Å². The minimum atomic E-state index is -3.69. The summed E-state index contributed by atoms with van der Waals surface area (Å²) in [4.78, 5) is 0.0386. The fraction of sp³-hybridized carbons (Fsp3) is 0.0769. The third-order valence-electron chi connectivity index (χ3n) is 2.67. The van der Waals surface area contributed by atoms with E-state index in [2.05, 4.69) is 21.2 Å². The molecule has 2 aromatic rings. The smallest absolute Gasteiger partial charge is 0.238 e. The first-order chi connectivity index (χ1) is 9.36. The zero-order valence-corrected chi connectivity index (χ0v) is 12.7. The second-order valence-corrected chi connectivity index (χ2v) is 6.64. The highest BCUT2D eigenvalue weighted by molar-refractivity contribution is 9.10. The van der Waals surface area contributed by atoms with Crippen molar-refractivity contribution in [3.63, 3.8) is 0 Å². The maximum absolute atomic E-state index is 13.5. The van der Waals surface area contributed by atoms with Crippen molar-refractivity contribution in [3.8, 4) is 0 Å². The predicted octanol–water partition coefficient (Wildman–Crippen LogP) is 2.85. The van der Waals surface area contributed by atoms with Gasteiger partial charge in [0, 0.05) is 22.3 Å². The second-order valence-electron chi connectivity index (χ2n) is 4.16. The standard InChI is InChI=1S/C13H12BrFN2O2S/c14-10-1-6-13(15)9(7-10)8-17-11-2-4-12(5-3-11)20(16,18)19/h1-7,17H,8H2,(H2,16,18,19). The van der Waals surface area contributed by atoms with E-state index in [1.54, 1.807) is 24.3 Å². The molecule has 0 bridgehead atoms. The summed E-state index contributed by atoms with van der Waals surface area (Å²) in [6.45, 7) is 0.292. The third-order valence-corrected chi connectivity index (χ3v) is 4.10. The average molecular weight is 359 g/mol. The molecule has 0 spiro atoms. The van der Waals surface area contributed by atoms with Gasteiger partial charge in [0.05, 0.1) is 4.90 Å². The number of benzene rings is 2. The molecular weight excluding hydrogens is 347 g/mol. The lowest BCUT2D eigenvalue weighted by Crippen LogP contribution is -2.12. The van der Waals surface area contributed by atoms with Gasteiger partial charge >= 0.3 is 0 Å². The van der Waals surface area contributed by atoms with E-state index in [1.165, 1.54) is 18.2 Å². The number of nitrogens with two attached hydrogens (primary N) is 1. The van der Waals surface area contributed by atoms with Crippen molar-refractivity contribution in [1.29, 1.82) is 0 Å². The van der Waals surface area contributed by atoms with Crippen LogP contribution in [0.25, 0.3) is 0 Å². The molecule has 0 aliphatic heterocycles. The first-order valence-corrected chi connectivity index (χ1v) is 8.01. The van der Waals surface area contributed by atoms with Crippen molar-refractivity contribution in [2.45, 2.75) is 11.4 Å². The van der Waals surface area contributed by atoms with Crippen molar-refractivity contribution < 1.29 is 12.8 Å². The predicted molar refractivity (Wildman–Crippen MR) is 79.2 cm³/mol. The fourth-order valence-electron chi connectivity index (χ4n) is 1.64. The van der Waals surface area contributed by atoms with Gasteiger partial charge in [-0.1, -0.05) is 15.9 Å². The van der Waals surface area contributed by atoms with Gasteiger partial charge in [-0.25, -0.2) is 17.9 Å². The number of nitrogens with one attached hydrogen (secondary N) is 1. The highest BCUT2D eigenvalue weighted by Crippen LogP contribution is 2.18. The molecule has 0 aliphatic carbocycles. The summed E-state index contributed by atoms with van der Waals surface area (Å²) in [6.07, 6.45) is 0. The van der Waals surface area contributed by atoms with Gasteiger partial charge < -0.3 is 5.32 Å². The van der Waals surface area contributed by atoms with Gasteiger partial charge in [0.2, 0.25) is 10.0 Å². The molecule has 0 amide bonds. The summed E-state index contributed by atoms with van der Waals surface area (Å²) < 4.78 is 36.5. The lowest BCUT2D eigenvalue weighted by Gasteiger charge is -2.08. The number of primary sulfonamides is 1. The molecule has 7 heteroatoms. The van der Waals surface area contributed by atoms with Crippen LogP contribution < -0.4 is 10.5 Å². The molecule has 0 atom stereocenters. The van der Waals surface area contributed by atoms with Crippen LogP contribution in [0.4, 0.5) is 10.1 Å². The van der Waals surface area contributed by atoms with Crippen LogP contribution in [0.5, 0.6) is 0 Å². The third kappa shape index (κ3) is 3.78. The molecule has 2 aromatic carbocycles. The van der Waals surface area contributed by atoms with Gasteiger partial charge in [-0.3, -0.25) is 0 Å². The zero-order valence-electron chi connectivity index (χ0n) is 10.3. The Bertz CT molecular complexity index is 718. The monoisotopic (exact) mass is 358 g/mol. The molecule has 4 nitrogen and oxygen atoms in total. The van der Waals surface area contributed by atoms with Crippen LogP contribution in [0, 0.1) is 5.82 Å². The van der Waals surface area contributed by atoms with Crippen molar-refractivity contribution in [1.82, 2.24) is 0 Å². The second kappa shape index (κ2) is 5.90. The highest BCUT2D eigenvalue weighted by Gasteiger charge is 2.07. The van der Waals surface area contributed by atoms with Crippen LogP contribution in [-0.4, -0.2) is 8.42 Å². The SMILES string of the molecule is NS(=O)(=O)c1ccc(NCc2cc(Br)ccc2F)cc1. The molecule has 0 heterocycles. The van der Waals surface area contributed by atoms with Crippen LogP contribution in [-0.2, 0) is 16.6 Å². The summed E-state index contributed by atoms with van der Waals surface area (Å²) in [5.41, 5.74) is 1.19. The lowest BCUT2D eigenvalue weighted by atomic mass is 10.2. The normalized spacial score (nSPS) is 11.3. The number of hydrogen-bond donors (Lipinski definition) is 2. The van der Waals surface area contributed by atoms with E-state index in [-0.39, 0.29) is 10.7 Å². The Morgan fingerprint density at radius 1 is 1.15 bits per heavy atom. The first kappa shape index (κ1) is 15.0. The molecule has 106 valence electrons. The maximum atomic E-state index is 13.5. The Hall–Kier alpha value is -1.44. The molecule has 0 aliphatic rings. The summed E-state index contributed by atoms with van der Waals surface area (Å²) in [6, 6.07) is 10.6. The molecule has 0 saturated heterocycles. The van der Waals surface area contributed by atoms with Gasteiger partial charge in [-0.05, 0) is 42.5 Å². The van der Waals surface area contributed by atoms with Gasteiger partial charge in [-0.15, -0.1) is 0 Å². The Morgan fingerprint density at radius 3 is 2.40 bits per heavy atom. The van der Waals surface area contributed by atoms with Crippen LogP contribution >= 0.6 is 15.9 Å². The summed E-state index contributed by atoms with van der Waals surface area (Å²) in [5.74, 6) is -0.304. The van der Waals surface area contributed by atoms with Crippen LogP contribution in [0.3, 0.4) is 0 Å². The van der Waals surface area contributed by atoms with E-state index in [0.29, 0.717) is 17.8 Å². The molecular formula is C13H12BrFN2O2S. The van der Waals surface area contributed by atoms with Crippen molar-refractivity contribution in [2.75, 3.05) is 5.32 Å². The van der Waals surface area contributed by atoms with Crippen LogP contribution in [0.15, 0.2) is 51.8 Å². The molecule has 2 rings (SSSR count). The van der Waals surface area contributed by atoms with Gasteiger partial charge in [0.15, 0.2) is 0 Å². The van der Waals surface area contributed by atoms with Gasteiger partial charge in [-0.2, -0.15) is 0 Å². The van der Waals surface area contributed by atoms with Gasteiger partial charge in [0.25, 0.3) is 0 Å². The quantitative estimate of drug-likeness (QED) is 0.882. The van der Waals surface area contributed by atoms with E-state index in [0.717, 1.165) is 4.47 Å². The van der Waals surface area contributed by atoms with E-state index < -0.39 is 10.0 Å². The molecule has 0 unspecified atom stereocenters. The number of rotatable bonds is 4. The Kier molecular flexibility index (Phi) is 4.42. The number of hydrogen-bond acceptors (Lipinski definition) is 3. The van der Waals surface area contributed by atoms with Crippen LogP contribution in [0.1, 0.15) is 5.56 Å². The molecule has 0 saturated carbocycles. The van der Waals surface area contributed by atoms with Crippen molar-refractivity contribution in [2.24, 2.45) is 5.14 Å². The first-order valence-electron chi connectivity index (χ1n) is 5.67. The van der Waals surface area contributed by atoms with Crippen LogP contribution in [0.2, 0.25) is 0 Å². The summed E-state index contributed by atoms with van der Waals surface area (Å²) in [7, 11) is -3.69. The summed E-state index contributed by atoms with van der Waals surface area (Å²) in [5, 5.41) is 8.02. The average Bonchev–Trinajstić information content (AvgIpc) is 2.39. The zero-order chi connectivity index (χ0) is 14.8. The number of sulfonamides is 1. The highest BCUT2D eigenvalue weighted by atomic mass is 79.9. The molecule has 0 fully saturated rings. The molecule has 3 N–H and O–H groups in total.